The van der Waals surface area contributed by atoms with E-state index in [1.165, 1.54) is 22.3 Å². The molecule has 4 aliphatic carbocycles. The Morgan fingerprint density at radius 3 is 1.06 bits per heavy atom. The Labute approximate surface area is 732 Å². The van der Waals surface area contributed by atoms with Crippen molar-refractivity contribution in [2.45, 2.75) is 35.5 Å². The molecule has 4 aliphatic rings. The van der Waals surface area contributed by atoms with Crippen LogP contribution < -0.4 is 0 Å². The summed E-state index contributed by atoms with van der Waals surface area (Å²) in [5.41, 5.74) is 28.9. The standard InChI is InChI=1S/C60H35N5O.C52H31N3O3S.2CH4/c1-4-17-36(18-5-1)54-43-25-12-15-30-50(43)61-58(62-54)39-31-34-51-45(35-39)40-32-33-49-53(55(40)66-51)42-24-11-14-28-47(42)60(49)46-27-13-10-23-41(46)52-44(26-16-29-48(52)60)59-64-56(37-19-6-2-7-20-37)63-57(65-59)38-21-8-3-9-22-38;56-59(57,35-18-8-3-9-19-35)36-25-26-38-37-20-10-12-22-42(37)52(45(38)31-36)43-23-13-11-21-40(43)47-44(52)28-27-39-41-30-34(24-29-46(41)58-48(39)47)51-54-49(32-14-4-1-5-15-32)53-50(55-51)33-16-6-2-7-17-33;;/h1-35H;1-31H;2*1H4. The molecule has 600 valence electrons. The van der Waals surface area contributed by atoms with Crippen molar-refractivity contribution in [2.75, 3.05) is 0 Å². The van der Waals surface area contributed by atoms with E-state index in [-0.39, 0.29) is 24.6 Å². The first-order valence-corrected chi connectivity index (χ1v) is 43.2. The minimum absolute atomic E-state index is 0. The number of furan rings is 2. The van der Waals surface area contributed by atoms with Crippen LogP contribution >= 0.6 is 0 Å². The SMILES string of the molecule is C.C.O=S(=O)(c1ccccc1)c1ccc2c(c1)C1(c3ccccc3-2)c2ccccc2-c2c1ccc1c2oc2ccc(-c3nc(-c4ccccc4)nc(-c4ccccc4)n3)cc21.c1ccc(-c2nc(-c3ccccc3)nc(-c3cccc4c3-c3ccccc3C43c4ccccc4-c4c3ccc3c4oc4ccc(-c5nc(-c6ccccc6)c6ccccc6n5)cc43)n2)cc1. The molecule has 0 saturated heterocycles. The summed E-state index contributed by atoms with van der Waals surface area (Å²) in [4.78, 5) is 41.2. The molecular formula is C114H74N8O4S. The van der Waals surface area contributed by atoms with Gasteiger partial charge in [-0.25, -0.2) is 48.3 Å². The second-order valence-electron chi connectivity index (χ2n) is 32.1. The fraction of sp³-hybridized carbons (Fsp3) is 0.0351. The average molecular weight is 1650 g/mol. The lowest BCUT2D eigenvalue weighted by atomic mass is 9.70. The Morgan fingerprint density at radius 2 is 0.567 bits per heavy atom. The number of benzene rings is 17. The zero-order chi connectivity index (χ0) is 82.6. The molecule has 5 heterocycles. The smallest absolute Gasteiger partial charge is 0.206 e. The number of fused-ring (bicyclic) bond motifs is 29. The predicted molar refractivity (Wildman–Crippen MR) is 509 cm³/mol. The molecule has 5 aromatic heterocycles. The molecule has 0 radical (unpaired) electrons. The van der Waals surface area contributed by atoms with E-state index in [0.29, 0.717) is 40.8 Å². The van der Waals surface area contributed by atoms with Crippen LogP contribution in [0.25, 0.3) is 190 Å². The van der Waals surface area contributed by atoms with E-state index in [1.807, 2.05) is 146 Å². The number of sulfone groups is 1. The van der Waals surface area contributed by atoms with Gasteiger partial charge in [0.1, 0.15) is 22.3 Å². The fourth-order valence-corrected chi connectivity index (χ4v) is 21.5. The van der Waals surface area contributed by atoms with Crippen LogP contribution in [0.5, 0.6) is 0 Å². The summed E-state index contributed by atoms with van der Waals surface area (Å²) in [5, 5.41) is 5.02. The molecule has 26 rings (SSSR count). The first kappa shape index (κ1) is 75.6. The lowest BCUT2D eigenvalue weighted by Gasteiger charge is -2.30. The summed E-state index contributed by atoms with van der Waals surface area (Å²) in [6.07, 6.45) is 0. The van der Waals surface area contributed by atoms with E-state index < -0.39 is 20.7 Å². The molecule has 13 heteroatoms. The zero-order valence-electron chi connectivity index (χ0n) is 66.7. The molecule has 17 aromatic carbocycles. The van der Waals surface area contributed by atoms with Gasteiger partial charge in [-0.3, -0.25) is 0 Å². The summed E-state index contributed by atoms with van der Waals surface area (Å²) in [7, 11) is -3.80. The third-order valence-electron chi connectivity index (χ3n) is 25.5. The van der Waals surface area contributed by atoms with Crippen molar-refractivity contribution >= 4 is 64.6 Å². The van der Waals surface area contributed by atoms with Gasteiger partial charge in [-0.15, -0.1) is 0 Å². The van der Waals surface area contributed by atoms with Crippen molar-refractivity contribution in [2.24, 2.45) is 0 Å². The molecule has 0 fully saturated rings. The Kier molecular flexibility index (Phi) is 17.5. The minimum Gasteiger partial charge on any atom is -0.455 e. The van der Waals surface area contributed by atoms with Crippen LogP contribution in [0.2, 0.25) is 0 Å². The van der Waals surface area contributed by atoms with Crippen molar-refractivity contribution < 1.29 is 17.3 Å². The van der Waals surface area contributed by atoms with Crippen molar-refractivity contribution in [3.05, 3.63) is 445 Å². The maximum Gasteiger partial charge on any atom is 0.206 e. The van der Waals surface area contributed by atoms with Crippen molar-refractivity contribution in [1.82, 2.24) is 39.9 Å². The van der Waals surface area contributed by atoms with E-state index in [4.69, 9.17) is 48.7 Å². The second-order valence-corrected chi connectivity index (χ2v) is 34.1. The van der Waals surface area contributed by atoms with E-state index in [0.717, 1.165) is 172 Å². The van der Waals surface area contributed by atoms with Crippen LogP contribution in [0.15, 0.2) is 419 Å². The minimum atomic E-state index is -3.80. The largest absolute Gasteiger partial charge is 0.455 e. The molecule has 0 amide bonds. The van der Waals surface area contributed by atoms with Gasteiger partial charge in [-0.2, -0.15) is 0 Å². The summed E-state index contributed by atoms with van der Waals surface area (Å²) < 4.78 is 42.2. The maximum absolute atomic E-state index is 14.2. The number of rotatable bonds is 10. The first-order chi connectivity index (χ1) is 61.7. The Morgan fingerprint density at radius 1 is 0.213 bits per heavy atom. The summed E-state index contributed by atoms with van der Waals surface area (Å²) >= 11 is 0. The monoisotopic (exact) mass is 1650 g/mol. The molecule has 22 aromatic rings. The van der Waals surface area contributed by atoms with Crippen LogP contribution in [0.3, 0.4) is 0 Å². The molecule has 0 bridgehead atoms. The highest BCUT2D eigenvalue weighted by molar-refractivity contribution is 7.91. The van der Waals surface area contributed by atoms with Crippen LogP contribution in [0.4, 0.5) is 0 Å². The molecule has 12 nitrogen and oxygen atoms in total. The number of nitrogens with zero attached hydrogens (tertiary/aromatic N) is 8. The average Bonchev–Trinajstić information content (AvgIpc) is 1.51. The van der Waals surface area contributed by atoms with E-state index in [1.54, 1.807) is 30.3 Å². The Bertz CT molecular complexity index is 8260. The van der Waals surface area contributed by atoms with Crippen molar-refractivity contribution in [3.63, 3.8) is 0 Å². The normalized spacial score (nSPS) is 14.5. The van der Waals surface area contributed by atoms with Gasteiger partial charge in [0.2, 0.25) is 9.84 Å². The van der Waals surface area contributed by atoms with Crippen LogP contribution in [0.1, 0.15) is 59.4 Å². The molecule has 2 unspecified atom stereocenters. The van der Waals surface area contributed by atoms with Gasteiger partial charge in [0.15, 0.2) is 40.8 Å². The summed E-state index contributed by atoms with van der Waals surface area (Å²) in [6.45, 7) is 0. The van der Waals surface area contributed by atoms with Crippen molar-refractivity contribution in [3.8, 4) is 135 Å². The quantitative estimate of drug-likeness (QED) is 0.127. The molecule has 0 saturated carbocycles. The predicted octanol–water partition coefficient (Wildman–Crippen LogP) is 27.6. The van der Waals surface area contributed by atoms with Crippen LogP contribution in [0, 0.1) is 0 Å². The van der Waals surface area contributed by atoms with Crippen LogP contribution in [-0.4, -0.2) is 48.3 Å². The van der Waals surface area contributed by atoms with Gasteiger partial charge in [0.25, 0.3) is 0 Å². The van der Waals surface area contributed by atoms with Crippen molar-refractivity contribution in [1.29, 1.82) is 0 Å². The van der Waals surface area contributed by atoms with Gasteiger partial charge in [-0.1, -0.05) is 349 Å². The maximum atomic E-state index is 14.2. The Hall–Kier alpha value is -16.4. The fourth-order valence-electron chi connectivity index (χ4n) is 20.2. The highest BCUT2D eigenvalue weighted by Crippen LogP contribution is 2.67. The number of hydrogen-bond donors (Lipinski definition) is 0. The molecule has 127 heavy (non-hydrogen) atoms. The highest BCUT2D eigenvalue weighted by Gasteiger charge is 2.55. The molecule has 0 aliphatic heterocycles. The van der Waals surface area contributed by atoms with E-state index >= 15 is 0 Å². The molecule has 0 N–H and O–H groups in total. The second kappa shape index (κ2) is 29.4. The van der Waals surface area contributed by atoms with E-state index in [2.05, 4.69) is 224 Å². The van der Waals surface area contributed by atoms with Gasteiger partial charge in [-0.05, 0) is 145 Å². The number of para-hydroxylation sites is 1. The van der Waals surface area contributed by atoms with Gasteiger partial charge in [0, 0.05) is 82.6 Å². The highest BCUT2D eigenvalue weighted by atomic mass is 32.2. The summed E-state index contributed by atoms with van der Waals surface area (Å²) in [5.74, 6) is 4.34. The third kappa shape index (κ3) is 11.4. The van der Waals surface area contributed by atoms with Gasteiger partial charge in [0.05, 0.1) is 31.8 Å². The third-order valence-corrected chi connectivity index (χ3v) is 27.3. The first-order valence-electron chi connectivity index (χ1n) is 41.8. The van der Waals surface area contributed by atoms with E-state index in [9.17, 15) is 8.42 Å². The number of hydrogen-bond acceptors (Lipinski definition) is 12. The van der Waals surface area contributed by atoms with Crippen LogP contribution in [-0.2, 0) is 20.7 Å². The zero-order valence-corrected chi connectivity index (χ0v) is 67.5. The number of aromatic nitrogens is 8. The van der Waals surface area contributed by atoms with Gasteiger partial charge < -0.3 is 8.83 Å². The lowest BCUT2D eigenvalue weighted by molar-refractivity contribution is 0.595. The molecular weight excluding hydrogens is 1580 g/mol. The van der Waals surface area contributed by atoms with Gasteiger partial charge >= 0.3 is 0 Å². The molecule has 2 atom stereocenters. The lowest BCUT2D eigenvalue weighted by Crippen LogP contribution is -2.26. The topological polar surface area (TPSA) is 164 Å². The Balaban J connectivity index is 0.000000144. The molecule has 2 spiro atoms. The summed E-state index contributed by atoms with van der Waals surface area (Å²) in [6, 6.07) is 136.